The topological polar surface area (TPSA) is 33.2 Å². The third-order valence-corrected chi connectivity index (χ3v) is 5.81. The van der Waals surface area contributed by atoms with Crippen LogP contribution in [0.1, 0.15) is 36.1 Å². The molecule has 3 aromatic rings. The Bertz CT molecular complexity index is 922. The fourth-order valence-corrected chi connectivity index (χ4v) is 4.27. The van der Waals surface area contributed by atoms with E-state index in [0.29, 0.717) is 5.92 Å². The van der Waals surface area contributed by atoms with Gasteiger partial charge in [0.05, 0.1) is 5.69 Å². The van der Waals surface area contributed by atoms with E-state index in [1.165, 1.54) is 5.56 Å². The first kappa shape index (κ1) is 16.9. The van der Waals surface area contributed by atoms with E-state index in [2.05, 4.69) is 31.0 Å². The minimum absolute atomic E-state index is 0.0600. The molecule has 0 N–H and O–H groups in total. The van der Waals surface area contributed by atoms with E-state index in [9.17, 15) is 4.79 Å². The molecule has 1 aliphatic rings. The highest BCUT2D eigenvalue weighted by Crippen LogP contribution is 2.48. The summed E-state index contributed by atoms with van der Waals surface area (Å²) in [5, 5.41) is -0.272. The van der Waals surface area contributed by atoms with Crippen LogP contribution < -0.4 is 4.90 Å². The lowest BCUT2D eigenvalue weighted by Gasteiger charge is -2.18. The van der Waals surface area contributed by atoms with Gasteiger partial charge in [-0.25, -0.2) is 4.98 Å². The minimum atomic E-state index is -0.272. The van der Waals surface area contributed by atoms with E-state index >= 15 is 0 Å². The second kappa shape index (κ2) is 6.96. The van der Waals surface area contributed by atoms with Crippen LogP contribution in [-0.2, 0) is 4.79 Å². The van der Waals surface area contributed by atoms with Gasteiger partial charge in [0, 0.05) is 16.7 Å². The van der Waals surface area contributed by atoms with Gasteiger partial charge in [-0.2, -0.15) is 0 Å². The van der Waals surface area contributed by atoms with Gasteiger partial charge in [0.2, 0.25) is 0 Å². The lowest BCUT2D eigenvalue weighted by atomic mass is 10.0. The van der Waals surface area contributed by atoms with E-state index in [-0.39, 0.29) is 11.2 Å². The molecule has 1 amide bonds. The molecule has 4 rings (SSSR count). The highest BCUT2D eigenvalue weighted by atomic mass is 32.2. The SMILES string of the molecule is CC(C)c1ccc(N2C(=O)C(Sc3ccccc3)c3cccnc32)cc1. The maximum atomic E-state index is 13.3. The van der Waals surface area contributed by atoms with Crippen molar-refractivity contribution in [2.24, 2.45) is 0 Å². The van der Waals surface area contributed by atoms with E-state index in [1.807, 2.05) is 54.6 Å². The summed E-state index contributed by atoms with van der Waals surface area (Å²) in [5.74, 6) is 1.26. The van der Waals surface area contributed by atoms with Crippen LogP contribution in [0.15, 0.2) is 77.8 Å². The summed E-state index contributed by atoms with van der Waals surface area (Å²) in [6.45, 7) is 4.33. The number of nitrogens with zero attached hydrogens (tertiary/aromatic N) is 2. The van der Waals surface area contributed by atoms with E-state index in [4.69, 9.17) is 0 Å². The Morgan fingerprint density at radius 3 is 2.38 bits per heavy atom. The second-order valence-corrected chi connectivity index (χ2v) is 7.83. The minimum Gasteiger partial charge on any atom is -0.272 e. The van der Waals surface area contributed by atoms with Crippen LogP contribution in [0.3, 0.4) is 0 Å². The van der Waals surface area contributed by atoms with Gasteiger partial charge in [0.1, 0.15) is 11.1 Å². The van der Waals surface area contributed by atoms with Gasteiger partial charge in [-0.3, -0.25) is 9.69 Å². The van der Waals surface area contributed by atoms with E-state index in [1.54, 1.807) is 22.9 Å². The van der Waals surface area contributed by atoms with Crippen molar-refractivity contribution in [3.8, 4) is 0 Å². The molecule has 0 fully saturated rings. The molecular formula is C22H20N2OS. The number of carbonyl (C=O) groups is 1. The molecule has 1 unspecified atom stereocenters. The fourth-order valence-electron chi connectivity index (χ4n) is 3.16. The Labute approximate surface area is 158 Å². The molecular weight excluding hydrogens is 340 g/mol. The Balaban J connectivity index is 1.71. The smallest absolute Gasteiger partial charge is 0.250 e. The van der Waals surface area contributed by atoms with Crippen molar-refractivity contribution in [1.29, 1.82) is 0 Å². The number of thioether (sulfide) groups is 1. The summed E-state index contributed by atoms with van der Waals surface area (Å²) in [4.78, 5) is 20.6. The fraction of sp³-hybridized carbons (Fsp3) is 0.182. The van der Waals surface area contributed by atoms with E-state index < -0.39 is 0 Å². The number of hydrogen-bond donors (Lipinski definition) is 0. The summed E-state index contributed by atoms with van der Waals surface area (Å²) in [5.41, 5.74) is 3.10. The number of hydrogen-bond acceptors (Lipinski definition) is 3. The molecule has 0 spiro atoms. The number of pyridine rings is 1. The standard InChI is InChI=1S/C22H20N2OS/c1-15(2)16-10-12-17(13-11-16)24-21-19(9-6-14-23-21)20(22(24)25)26-18-7-4-3-5-8-18/h3-15,20H,1-2H3. The maximum Gasteiger partial charge on any atom is 0.250 e. The van der Waals surface area contributed by atoms with Gasteiger partial charge in [-0.15, -0.1) is 11.8 Å². The van der Waals surface area contributed by atoms with Gasteiger partial charge in [0.15, 0.2) is 0 Å². The van der Waals surface area contributed by atoms with Gasteiger partial charge in [-0.1, -0.05) is 50.2 Å². The van der Waals surface area contributed by atoms with Crippen molar-refractivity contribution < 1.29 is 4.79 Å². The molecule has 0 aliphatic carbocycles. The predicted octanol–water partition coefficient (Wildman–Crippen LogP) is 5.72. The summed E-state index contributed by atoms with van der Waals surface area (Å²) < 4.78 is 0. The number of fused-ring (bicyclic) bond motifs is 1. The molecule has 1 aliphatic heterocycles. The Hall–Kier alpha value is -2.59. The summed E-state index contributed by atoms with van der Waals surface area (Å²) in [6, 6.07) is 22.2. The zero-order valence-electron chi connectivity index (χ0n) is 14.8. The number of amides is 1. The average molecular weight is 360 g/mol. The predicted molar refractivity (Wildman–Crippen MR) is 107 cm³/mol. The third kappa shape index (κ3) is 3.01. The molecule has 26 heavy (non-hydrogen) atoms. The number of anilines is 2. The van der Waals surface area contributed by atoms with Crippen LogP contribution >= 0.6 is 11.8 Å². The Morgan fingerprint density at radius 2 is 1.69 bits per heavy atom. The number of benzene rings is 2. The van der Waals surface area contributed by atoms with Crippen molar-refractivity contribution in [1.82, 2.24) is 4.98 Å². The van der Waals surface area contributed by atoms with Gasteiger partial charge < -0.3 is 0 Å². The van der Waals surface area contributed by atoms with Gasteiger partial charge in [-0.05, 0) is 41.8 Å². The van der Waals surface area contributed by atoms with Crippen LogP contribution in [0.2, 0.25) is 0 Å². The number of carbonyl (C=O) groups excluding carboxylic acids is 1. The van der Waals surface area contributed by atoms with Crippen LogP contribution in [0, 0.1) is 0 Å². The van der Waals surface area contributed by atoms with Crippen molar-refractivity contribution in [2.45, 2.75) is 29.9 Å². The monoisotopic (exact) mass is 360 g/mol. The molecule has 1 aromatic heterocycles. The zero-order valence-corrected chi connectivity index (χ0v) is 15.6. The van der Waals surface area contributed by atoms with Crippen LogP contribution in [-0.4, -0.2) is 10.9 Å². The molecule has 130 valence electrons. The van der Waals surface area contributed by atoms with E-state index in [0.717, 1.165) is 22.0 Å². The highest BCUT2D eigenvalue weighted by Gasteiger charge is 2.39. The van der Waals surface area contributed by atoms with Crippen molar-refractivity contribution in [2.75, 3.05) is 4.90 Å². The highest BCUT2D eigenvalue weighted by molar-refractivity contribution is 8.00. The number of rotatable bonds is 4. The third-order valence-electron chi connectivity index (χ3n) is 4.57. The molecule has 4 heteroatoms. The lowest BCUT2D eigenvalue weighted by Crippen LogP contribution is -2.23. The van der Waals surface area contributed by atoms with Crippen LogP contribution in [0.5, 0.6) is 0 Å². The molecule has 3 nitrogen and oxygen atoms in total. The summed E-state index contributed by atoms with van der Waals surface area (Å²) >= 11 is 1.58. The largest absolute Gasteiger partial charge is 0.272 e. The van der Waals surface area contributed by atoms with Gasteiger partial charge in [0.25, 0.3) is 5.91 Å². The quantitative estimate of drug-likeness (QED) is 0.597. The second-order valence-electron chi connectivity index (χ2n) is 6.65. The molecule has 0 bridgehead atoms. The molecule has 0 saturated heterocycles. The first-order chi connectivity index (χ1) is 12.6. The Kier molecular flexibility index (Phi) is 4.51. The van der Waals surface area contributed by atoms with Gasteiger partial charge >= 0.3 is 0 Å². The van der Waals surface area contributed by atoms with Crippen LogP contribution in [0.4, 0.5) is 11.5 Å². The average Bonchev–Trinajstić information content (AvgIpc) is 2.95. The Morgan fingerprint density at radius 1 is 0.962 bits per heavy atom. The number of aromatic nitrogens is 1. The molecule has 0 saturated carbocycles. The van der Waals surface area contributed by atoms with Crippen molar-refractivity contribution >= 4 is 29.2 Å². The zero-order chi connectivity index (χ0) is 18.1. The van der Waals surface area contributed by atoms with Crippen molar-refractivity contribution in [3.63, 3.8) is 0 Å². The lowest BCUT2D eigenvalue weighted by molar-refractivity contribution is -0.116. The molecule has 2 heterocycles. The van der Waals surface area contributed by atoms with Crippen molar-refractivity contribution in [3.05, 3.63) is 84.1 Å². The first-order valence-electron chi connectivity index (χ1n) is 8.75. The maximum absolute atomic E-state index is 13.3. The summed E-state index contributed by atoms with van der Waals surface area (Å²) in [7, 11) is 0. The molecule has 1 atom stereocenters. The van der Waals surface area contributed by atoms with Crippen LogP contribution in [0.25, 0.3) is 0 Å². The molecule has 2 aromatic carbocycles. The summed E-state index contributed by atoms with van der Waals surface area (Å²) in [6.07, 6.45) is 1.75. The molecule has 0 radical (unpaired) electrons. The first-order valence-corrected chi connectivity index (χ1v) is 9.63. The normalized spacial score (nSPS) is 16.2.